The number of nitrogens with two attached hydrogens (primary N) is 1. The average molecular weight is 407 g/mol. The highest BCUT2D eigenvalue weighted by atomic mass is 35.5. The highest BCUT2D eigenvalue weighted by molar-refractivity contribution is 6.34. The van der Waals surface area contributed by atoms with E-state index in [1.165, 1.54) is 18.3 Å². The number of hydrazine groups is 1. The molecule has 140 valence electrons. The maximum atomic E-state index is 12.5. The van der Waals surface area contributed by atoms with Crippen molar-refractivity contribution in [3.05, 3.63) is 64.2 Å². The molecule has 0 spiro atoms. The first-order valence-corrected chi connectivity index (χ1v) is 7.35. The molecular weight excluding hydrogens is 392 g/mol. The lowest BCUT2D eigenvalue weighted by Gasteiger charge is -2.11. The molecule has 2 aromatic rings. The van der Waals surface area contributed by atoms with Gasteiger partial charge in [0, 0.05) is 5.56 Å². The molecule has 0 aliphatic heterocycles. The third kappa shape index (κ3) is 5.91. The summed E-state index contributed by atoms with van der Waals surface area (Å²) in [6, 6.07) is 9.67. The van der Waals surface area contributed by atoms with Gasteiger partial charge in [0.1, 0.15) is 18.7 Å². The standard InChI is InChI=1S/C16H14ClF3N4O.ClH/c17-15-12(8-23-24(22)10-21)2-1-3-14(15)25-9-11-4-6-13(7-5-11)16(18,19)20;/h1-8,10,21H,9,22H2;1H/b21-10?,23-8+;. The Labute approximate surface area is 159 Å². The summed E-state index contributed by atoms with van der Waals surface area (Å²) in [7, 11) is 0. The highest BCUT2D eigenvalue weighted by Gasteiger charge is 2.29. The van der Waals surface area contributed by atoms with Gasteiger partial charge >= 0.3 is 6.18 Å². The molecule has 0 saturated heterocycles. The van der Waals surface area contributed by atoms with Gasteiger partial charge in [0.15, 0.2) is 0 Å². The van der Waals surface area contributed by atoms with Crippen molar-refractivity contribution in [3.8, 4) is 5.75 Å². The molecule has 0 bridgehead atoms. The quantitative estimate of drug-likeness (QED) is 0.321. The number of hydrazone groups is 1. The Morgan fingerprint density at radius 1 is 1.19 bits per heavy atom. The van der Waals surface area contributed by atoms with E-state index in [0.717, 1.165) is 23.6 Å². The minimum Gasteiger partial charge on any atom is -0.487 e. The minimum absolute atomic E-state index is 0. The van der Waals surface area contributed by atoms with E-state index in [0.29, 0.717) is 16.9 Å². The van der Waals surface area contributed by atoms with Crippen LogP contribution in [0.1, 0.15) is 16.7 Å². The predicted molar refractivity (Wildman–Crippen MR) is 96.9 cm³/mol. The van der Waals surface area contributed by atoms with Crippen LogP contribution in [0.5, 0.6) is 5.75 Å². The van der Waals surface area contributed by atoms with E-state index >= 15 is 0 Å². The van der Waals surface area contributed by atoms with Gasteiger partial charge in [-0.3, -0.25) is 5.41 Å². The predicted octanol–water partition coefficient (Wildman–Crippen LogP) is 4.48. The normalized spacial score (nSPS) is 11.1. The molecule has 2 rings (SSSR count). The first kappa shape index (κ1) is 21.8. The van der Waals surface area contributed by atoms with Crippen LogP contribution in [0.3, 0.4) is 0 Å². The Balaban J connectivity index is 0.00000338. The average Bonchev–Trinajstić information content (AvgIpc) is 2.59. The summed E-state index contributed by atoms with van der Waals surface area (Å²) in [6.07, 6.45) is -2.20. The van der Waals surface area contributed by atoms with Crippen molar-refractivity contribution in [2.45, 2.75) is 12.8 Å². The fourth-order valence-electron chi connectivity index (χ4n) is 1.85. The lowest BCUT2D eigenvalue weighted by Crippen LogP contribution is -2.22. The SMILES string of the molecule is Cl.N=CN(N)/N=C/c1cccc(OCc2ccc(C(F)(F)F)cc2)c1Cl. The van der Waals surface area contributed by atoms with E-state index in [2.05, 4.69) is 5.10 Å². The molecule has 0 heterocycles. The maximum Gasteiger partial charge on any atom is 0.416 e. The molecule has 0 unspecified atom stereocenters. The maximum absolute atomic E-state index is 12.5. The summed E-state index contributed by atoms with van der Waals surface area (Å²) in [5.74, 6) is 5.68. The van der Waals surface area contributed by atoms with Crippen LogP contribution in [0.2, 0.25) is 5.02 Å². The lowest BCUT2D eigenvalue weighted by molar-refractivity contribution is -0.137. The number of hydrogen-bond donors (Lipinski definition) is 2. The van der Waals surface area contributed by atoms with Crippen molar-refractivity contribution in [2.75, 3.05) is 0 Å². The smallest absolute Gasteiger partial charge is 0.416 e. The Morgan fingerprint density at radius 2 is 1.85 bits per heavy atom. The van der Waals surface area contributed by atoms with Crippen LogP contribution in [-0.2, 0) is 12.8 Å². The fourth-order valence-corrected chi connectivity index (χ4v) is 2.08. The Bertz CT molecular complexity index is 767. The van der Waals surface area contributed by atoms with Crippen LogP contribution in [-0.4, -0.2) is 17.7 Å². The summed E-state index contributed by atoms with van der Waals surface area (Å²) in [6.45, 7) is 0.0575. The highest BCUT2D eigenvalue weighted by Crippen LogP contribution is 2.30. The molecule has 0 aromatic heterocycles. The molecule has 0 aliphatic carbocycles. The Morgan fingerprint density at radius 3 is 2.42 bits per heavy atom. The van der Waals surface area contributed by atoms with E-state index in [-0.39, 0.29) is 24.0 Å². The number of ether oxygens (including phenoxy) is 1. The third-order valence-electron chi connectivity index (χ3n) is 3.13. The summed E-state index contributed by atoms with van der Waals surface area (Å²) >= 11 is 6.21. The van der Waals surface area contributed by atoms with Crippen LogP contribution in [0, 0.1) is 5.41 Å². The van der Waals surface area contributed by atoms with Crippen molar-refractivity contribution in [1.82, 2.24) is 5.12 Å². The van der Waals surface area contributed by atoms with E-state index < -0.39 is 11.7 Å². The molecule has 26 heavy (non-hydrogen) atoms. The minimum atomic E-state index is -4.37. The molecule has 0 atom stereocenters. The molecule has 2 aromatic carbocycles. The number of alkyl halides is 3. The van der Waals surface area contributed by atoms with Gasteiger partial charge in [0.05, 0.1) is 16.8 Å². The first-order chi connectivity index (χ1) is 11.8. The molecule has 3 N–H and O–H groups in total. The van der Waals surface area contributed by atoms with E-state index in [9.17, 15) is 13.2 Å². The second kappa shape index (κ2) is 9.42. The van der Waals surface area contributed by atoms with Crippen molar-refractivity contribution in [3.63, 3.8) is 0 Å². The van der Waals surface area contributed by atoms with Gasteiger partial charge in [-0.05, 0) is 23.8 Å². The van der Waals surface area contributed by atoms with Crippen molar-refractivity contribution >= 4 is 36.6 Å². The molecule has 0 radical (unpaired) electrons. The zero-order valence-corrected chi connectivity index (χ0v) is 14.8. The van der Waals surface area contributed by atoms with Crippen LogP contribution in [0.25, 0.3) is 0 Å². The van der Waals surface area contributed by atoms with Crippen LogP contribution in [0.4, 0.5) is 13.2 Å². The largest absolute Gasteiger partial charge is 0.487 e. The van der Waals surface area contributed by atoms with Gasteiger partial charge in [-0.15, -0.1) is 12.4 Å². The molecule has 0 amide bonds. The van der Waals surface area contributed by atoms with Crippen LogP contribution >= 0.6 is 24.0 Å². The summed E-state index contributed by atoms with van der Waals surface area (Å²) < 4.78 is 43.2. The second-order valence-electron chi connectivity index (χ2n) is 4.90. The van der Waals surface area contributed by atoms with Crippen molar-refractivity contribution < 1.29 is 17.9 Å². The number of hydrogen-bond acceptors (Lipinski definition) is 4. The number of nitrogens with zero attached hydrogens (tertiary/aromatic N) is 2. The van der Waals surface area contributed by atoms with Gasteiger partial charge < -0.3 is 4.74 Å². The number of rotatable bonds is 6. The van der Waals surface area contributed by atoms with E-state index in [4.69, 9.17) is 27.6 Å². The zero-order chi connectivity index (χ0) is 18.4. The van der Waals surface area contributed by atoms with E-state index in [1.54, 1.807) is 18.2 Å². The van der Waals surface area contributed by atoms with Gasteiger partial charge in [-0.2, -0.15) is 23.4 Å². The molecule has 0 saturated carbocycles. The van der Waals surface area contributed by atoms with E-state index in [1.807, 2.05) is 0 Å². The molecule has 0 fully saturated rings. The molecule has 5 nitrogen and oxygen atoms in total. The monoisotopic (exact) mass is 406 g/mol. The van der Waals surface area contributed by atoms with Gasteiger partial charge in [0.25, 0.3) is 0 Å². The summed E-state index contributed by atoms with van der Waals surface area (Å²) in [5.41, 5.74) is 0.369. The first-order valence-electron chi connectivity index (χ1n) is 6.97. The van der Waals surface area contributed by atoms with Gasteiger partial charge in [-0.1, -0.05) is 35.9 Å². The van der Waals surface area contributed by atoms with Crippen LogP contribution in [0.15, 0.2) is 47.6 Å². The summed E-state index contributed by atoms with van der Waals surface area (Å²) in [5, 5.41) is 11.8. The number of benzene rings is 2. The summed E-state index contributed by atoms with van der Waals surface area (Å²) in [4.78, 5) is 0. The molecule has 10 heteroatoms. The number of nitrogens with one attached hydrogen (secondary N) is 1. The van der Waals surface area contributed by atoms with Crippen molar-refractivity contribution in [1.29, 1.82) is 5.41 Å². The Kier molecular flexibility index (Phi) is 7.88. The Hall–Kier alpha value is -2.29. The van der Waals surface area contributed by atoms with Crippen molar-refractivity contribution in [2.24, 2.45) is 10.9 Å². The number of halogens is 5. The zero-order valence-electron chi connectivity index (χ0n) is 13.2. The second-order valence-corrected chi connectivity index (χ2v) is 5.27. The van der Waals surface area contributed by atoms with Gasteiger partial charge in [0.2, 0.25) is 0 Å². The fraction of sp³-hybridized carbons (Fsp3) is 0.125. The lowest BCUT2D eigenvalue weighted by atomic mass is 10.1. The topological polar surface area (TPSA) is 74.7 Å². The third-order valence-corrected chi connectivity index (χ3v) is 3.54. The molecular formula is C16H15Cl2F3N4O. The van der Waals surface area contributed by atoms with Crippen LogP contribution < -0.4 is 10.6 Å². The van der Waals surface area contributed by atoms with Gasteiger partial charge in [-0.25, -0.2) is 5.84 Å². The molecule has 0 aliphatic rings.